The van der Waals surface area contributed by atoms with E-state index < -0.39 is 0 Å². The lowest BCUT2D eigenvalue weighted by Gasteiger charge is -2.12. The molecule has 0 atom stereocenters. The van der Waals surface area contributed by atoms with Crippen LogP contribution >= 0.6 is 11.8 Å². The van der Waals surface area contributed by atoms with Gasteiger partial charge >= 0.3 is 0 Å². The Morgan fingerprint density at radius 1 is 1.16 bits per heavy atom. The minimum absolute atomic E-state index is 0.0340. The number of phenols is 1. The van der Waals surface area contributed by atoms with Gasteiger partial charge in [0, 0.05) is 0 Å². The Bertz CT molecular complexity index is 858. The highest BCUT2D eigenvalue weighted by Crippen LogP contribution is 2.36. The number of phenolic OH excluding ortho intramolecular Hbond substituents is 1. The molecule has 0 aliphatic carbocycles. The third-order valence-electron chi connectivity index (χ3n) is 3.67. The number of carbonyl (C=O) groups excluding carboxylic acids is 2. The van der Waals surface area contributed by atoms with E-state index >= 15 is 0 Å². The quantitative estimate of drug-likeness (QED) is 0.827. The van der Waals surface area contributed by atoms with Crippen molar-refractivity contribution in [2.75, 3.05) is 11.5 Å². The summed E-state index contributed by atoms with van der Waals surface area (Å²) in [5.74, 6) is 0.0191. The second-order valence-corrected chi connectivity index (χ2v) is 6.51. The summed E-state index contributed by atoms with van der Waals surface area (Å²) in [5, 5.41) is 9.42. The highest BCUT2D eigenvalue weighted by molar-refractivity contribution is 8.19. The normalized spacial score (nSPS) is 15.9. The van der Waals surface area contributed by atoms with Gasteiger partial charge in [0.1, 0.15) is 0 Å². The third-order valence-corrected chi connectivity index (χ3v) is 4.54. The molecule has 0 bridgehead atoms. The van der Waals surface area contributed by atoms with E-state index in [1.165, 1.54) is 11.0 Å². The van der Waals surface area contributed by atoms with Gasteiger partial charge in [-0.3, -0.25) is 9.59 Å². The number of imide groups is 1. The molecule has 1 aliphatic rings. The van der Waals surface area contributed by atoms with Gasteiger partial charge in [-0.1, -0.05) is 23.8 Å². The van der Waals surface area contributed by atoms with E-state index in [0.29, 0.717) is 28.5 Å². The number of benzene rings is 2. The van der Waals surface area contributed by atoms with Crippen LogP contribution in [0.1, 0.15) is 18.1 Å². The standard InChI is InChI=1S/C19H17NO4S/c1-3-24-16-10-13(6-9-15(16)21)11-17-18(22)20(19(23)25-17)14-7-4-12(2)5-8-14/h4-11,21H,3H2,1-2H3/b17-11+. The zero-order valence-corrected chi connectivity index (χ0v) is 14.7. The van der Waals surface area contributed by atoms with Crippen LogP contribution < -0.4 is 9.64 Å². The first-order valence-electron chi connectivity index (χ1n) is 7.80. The van der Waals surface area contributed by atoms with Crippen molar-refractivity contribution in [1.82, 2.24) is 0 Å². The number of hydrogen-bond acceptors (Lipinski definition) is 5. The van der Waals surface area contributed by atoms with Crippen LogP contribution in [0.2, 0.25) is 0 Å². The number of nitrogens with zero attached hydrogens (tertiary/aromatic N) is 1. The van der Waals surface area contributed by atoms with Gasteiger partial charge in [-0.2, -0.15) is 0 Å². The minimum Gasteiger partial charge on any atom is -0.504 e. The smallest absolute Gasteiger partial charge is 0.298 e. The van der Waals surface area contributed by atoms with Gasteiger partial charge < -0.3 is 9.84 Å². The Labute approximate surface area is 149 Å². The molecular formula is C19H17NO4S. The summed E-state index contributed by atoms with van der Waals surface area (Å²) in [6.45, 7) is 4.18. The molecule has 2 aromatic rings. The summed E-state index contributed by atoms with van der Waals surface area (Å²) in [7, 11) is 0. The number of thioether (sulfide) groups is 1. The summed E-state index contributed by atoms with van der Waals surface area (Å²) in [5.41, 5.74) is 2.28. The SMILES string of the molecule is CCOc1cc(/C=C2/SC(=O)N(c3ccc(C)cc3)C2=O)ccc1O. The van der Waals surface area contributed by atoms with Crippen molar-refractivity contribution in [2.24, 2.45) is 0 Å². The van der Waals surface area contributed by atoms with Gasteiger partial charge in [0.05, 0.1) is 17.2 Å². The summed E-state index contributed by atoms with van der Waals surface area (Å²) in [6.07, 6.45) is 1.63. The maximum Gasteiger partial charge on any atom is 0.298 e. The number of ether oxygens (including phenoxy) is 1. The lowest BCUT2D eigenvalue weighted by atomic mass is 10.1. The van der Waals surface area contributed by atoms with Gasteiger partial charge in [0.2, 0.25) is 0 Å². The molecule has 5 nitrogen and oxygen atoms in total. The van der Waals surface area contributed by atoms with Gasteiger partial charge in [0.25, 0.3) is 11.1 Å². The second kappa shape index (κ2) is 7.03. The fourth-order valence-electron chi connectivity index (χ4n) is 2.43. The summed E-state index contributed by atoms with van der Waals surface area (Å²) < 4.78 is 5.34. The van der Waals surface area contributed by atoms with Crippen molar-refractivity contribution in [3.05, 3.63) is 58.5 Å². The molecule has 1 N–H and O–H groups in total. The van der Waals surface area contributed by atoms with Crippen LogP contribution in [0.25, 0.3) is 6.08 Å². The Morgan fingerprint density at radius 2 is 1.88 bits per heavy atom. The van der Waals surface area contributed by atoms with Crippen LogP contribution in [0.15, 0.2) is 47.4 Å². The van der Waals surface area contributed by atoms with Crippen molar-refractivity contribution in [2.45, 2.75) is 13.8 Å². The van der Waals surface area contributed by atoms with E-state index in [0.717, 1.165) is 17.3 Å². The molecule has 2 amide bonds. The topological polar surface area (TPSA) is 66.8 Å². The van der Waals surface area contributed by atoms with Crippen LogP contribution in [0.4, 0.5) is 10.5 Å². The molecule has 1 heterocycles. The summed E-state index contributed by atoms with van der Waals surface area (Å²) >= 11 is 0.894. The molecule has 2 aromatic carbocycles. The molecule has 0 saturated carbocycles. The minimum atomic E-state index is -0.357. The molecule has 1 fully saturated rings. The van der Waals surface area contributed by atoms with Crippen molar-refractivity contribution >= 4 is 34.7 Å². The van der Waals surface area contributed by atoms with Crippen LogP contribution in [0.3, 0.4) is 0 Å². The summed E-state index contributed by atoms with van der Waals surface area (Å²) in [6, 6.07) is 12.0. The molecule has 6 heteroatoms. The highest BCUT2D eigenvalue weighted by atomic mass is 32.2. The van der Waals surface area contributed by atoms with Gasteiger partial charge in [-0.25, -0.2) is 4.90 Å². The molecule has 1 aliphatic heterocycles. The molecule has 25 heavy (non-hydrogen) atoms. The van der Waals surface area contributed by atoms with Gasteiger partial charge in [-0.15, -0.1) is 0 Å². The third kappa shape index (κ3) is 3.53. The first-order valence-corrected chi connectivity index (χ1v) is 8.61. The fraction of sp³-hybridized carbons (Fsp3) is 0.158. The molecule has 1 saturated heterocycles. The van der Waals surface area contributed by atoms with Crippen molar-refractivity contribution in [3.63, 3.8) is 0 Å². The Morgan fingerprint density at radius 3 is 2.56 bits per heavy atom. The number of amides is 2. The maximum atomic E-state index is 12.6. The van der Waals surface area contributed by atoms with Gasteiger partial charge in [0.15, 0.2) is 11.5 Å². The molecule has 0 unspecified atom stereocenters. The first-order chi connectivity index (χ1) is 12.0. The van der Waals surface area contributed by atoms with E-state index in [1.807, 2.05) is 26.0 Å². The zero-order chi connectivity index (χ0) is 18.0. The number of hydrogen-bond donors (Lipinski definition) is 1. The van der Waals surface area contributed by atoms with E-state index in [1.54, 1.807) is 30.3 Å². The van der Waals surface area contributed by atoms with Crippen LogP contribution in [0, 0.1) is 6.92 Å². The molecule has 128 valence electrons. The molecular weight excluding hydrogens is 338 g/mol. The van der Waals surface area contributed by atoms with E-state index in [9.17, 15) is 14.7 Å². The van der Waals surface area contributed by atoms with Crippen LogP contribution in [-0.4, -0.2) is 22.9 Å². The lowest BCUT2D eigenvalue weighted by Crippen LogP contribution is -2.27. The number of aromatic hydroxyl groups is 1. The van der Waals surface area contributed by atoms with E-state index in [4.69, 9.17) is 4.74 Å². The van der Waals surface area contributed by atoms with Gasteiger partial charge in [-0.05, 0) is 61.5 Å². The zero-order valence-electron chi connectivity index (χ0n) is 13.9. The predicted molar refractivity (Wildman–Crippen MR) is 98.9 cm³/mol. The monoisotopic (exact) mass is 355 g/mol. The number of rotatable bonds is 4. The number of anilines is 1. The molecule has 0 spiro atoms. The summed E-state index contributed by atoms with van der Waals surface area (Å²) in [4.78, 5) is 26.4. The largest absolute Gasteiger partial charge is 0.504 e. The highest BCUT2D eigenvalue weighted by Gasteiger charge is 2.36. The average molecular weight is 355 g/mol. The van der Waals surface area contributed by atoms with Crippen LogP contribution in [0.5, 0.6) is 11.5 Å². The van der Waals surface area contributed by atoms with E-state index in [-0.39, 0.29) is 16.9 Å². The second-order valence-electron chi connectivity index (χ2n) is 5.51. The first kappa shape index (κ1) is 17.1. The molecule has 3 rings (SSSR count). The van der Waals surface area contributed by atoms with E-state index in [2.05, 4.69) is 0 Å². The van der Waals surface area contributed by atoms with Crippen molar-refractivity contribution in [1.29, 1.82) is 0 Å². The number of aryl methyl sites for hydroxylation is 1. The fourth-order valence-corrected chi connectivity index (χ4v) is 3.27. The Balaban J connectivity index is 1.90. The van der Waals surface area contributed by atoms with Crippen molar-refractivity contribution in [3.8, 4) is 11.5 Å². The Kier molecular flexibility index (Phi) is 4.81. The molecule has 0 aromatic heterocycles. The predicted octanol–water partition coefficient (Wildman–Crippen LogP) is 4.34. The van der Waals surface area contributed by atoms with Crippen LogP contribution in [-0.2, 0) is 4.79 Å². The Hall–Kier alpha value is -2.73. The lowest BCUT2D eigenvalue weighted by molar-refractivity contribution is -0.113. The molecule has 0 radical (unpaired) electrons. The maximum absolute atomic E-state index is 12.6. The van der Waals surface area contributed by atoms with Crippen molar-refractivity contribution < 1.29 is 19.4 Å². The average Bonchev–Trinajstić information content (AvgIpc) is 2.86. The number of carbonyl (C=O) groups is 2.